The molecular weight excluding hydrogens is 448 g/mol. The lowest BCUT2D eigenvalue weighted by molar-refractivity contribution is -0.130. The minimum Gasteiger partial charge on any atom is -0.497 e. The Kier molecular flexibility index (Phi) is 6.22. The number of nitrogens with one attached hydrogen (secondary N) is 1. The molecule has 0 unspecified atom stereocenters. The molecule has 1 N–H and O–H groups in total. The predicted molar refractivity (Wildman–Crippen MR) is 134 cm³/mol. The molecule has 3 aromatic carbocycles. The number of nitrogens with zero attached hydrogens (tertiary/aromatic N) is 3. The van der Waals surface area contributed by atoms with E-state index in [-0.39, 0.29) is 17.7 Å². The number of thioether (sulfide) groups is 1. The van der Waals surface area contributed by atoms with E-state index < -0.39 is 0 Å². The van der Waals surface area contributed by atoms with Gasteiger partial charge in [-0.2, -0.15) is 5.10 Å². The fraction of sp³-hybridized carbons (Fsp3) is 0.192. The molecular formula is C26H24N4O3S. The molecule has 1 amide bonds. The molecule has 1 aromatic heterocycles. The molecule has 0 saturated heterocycles. The maximum absolute atomic E-state index is 13.3. The van der Waals surface area contributed by atoms with Crippen LogP contribution in [0.3, 0.4) is 0 Å². The van der Waals surface area contributed by atoms with Crippen molar-refractivity contribution in [2.24, 2.45) is 5.10 Å². The van der Waals surface area contributed by atoms with Crippen molar-refractivity contribution in [1.29, 1.82) is 0 Å². The molecule has 172 valence electrons. The van der Waals surface area contributed by atoms with Crippen molar-refractivity contribution >= 4 is 34.4 Å². The summed E-state index contributed by atoms with van der Waals surface area (Å²) in [6.45, 7) is 0. The Morgan fingerprint density at radius 3 is 2.35 bits per heavy atom. The summed E-state index contributed by atoms with van der Waals surface area (Å²) >= 11 is 1.38. The van der Waals surface area contributed by atoms with Gasteiger partial charge in [0.2, 0.25) is 0 Å². The Bertz CT molecular complexity index is 1300. The van der Waals surface area contributed by atoms with Crippen molar-refractivity contribution in [1.82, 2.24) is 15.0 Å². The summed E-state index contributed by atoms with van der Waals surface area (Å²) in [6.07, 6.45) is 0.625. The molecule has 2 heterocycles. The third-order valence-electron chi connectivity index (χ3n) is 5.79. The number of benzene rings is 3. The van der Waals surface area contributed by atoms with E-state index in [1.807, 2.05) is 72.8 Å². The lowest BCUT2D eigenvalue weighted by atomic mass is 9.98. The molecule has 0 spiro atoms. The highest BCUT2D eigenvalue weighted by Crippen LogP contribution is 2.34. The lowest BCUT2D eigenvalue weighted by Crippen LogP contribution is -2.28. The number of rotatable bonds is 7. The molecule has 7 nitrogen and oxygen atoms in total. The van der Waals surface area contributed by atoms with Crippen molar-refractivity contribution in [3.63, 3.8) is 0 Å². The van der Waals surface area contributed by atoms with Gasteiger partial charge in [0, 0.05) is 6.42 Å². The summed E-state index contributed by atoms with van der Waals surface area (Å²) in [5.74, 6) is 1.71. The predicted octanol–water partition coefficient (Wildman–Crippen LogP) is 5.05. The first-order chi connectivity index (χ1) is 16.6. The van der Waals surface area contributed by atoms with Gasteiger partial charge in [-0.15, -0.1) is 0 Å². The highest BCUT2D eigenvalue weighted by Gasteiger charge is 2.33. The average Bonchev–Trinajstić information content (AvgIpc) is 3.52. The smallest absolute Gasteiger partial charge is 0.253 e. The highest BCUT2D eigenvalue weighted by molar-refractivity contribution is 7.99. The third kappa shape index (κ3) is 4.49. The normalized spacial score (nSPS) is 15.4. The number of carbonyl (C=O) groups excluding carboxylic acids is 1. The van der Waals surface area contributed by atoms with Crippen LogP contribution in [0.5, 0.6) is 11.5 Å². The fourth-order valence-electron chi connectivity index (χ4n) is 3.98. The molecule has 8 heteroatoms. The quantitative estimate of drug-likeness (QED) is 0.381. The van der Waals surface area contributed by atoms with Crippen molar-refractivity contribution in [3.05, 3.63) is 83.9 Å². The first-order valence-corrected chi connectivity index (χ1v) is 11.9. The van der Waals surface area contributed by atoms with Gasteiger partial charge in [-0.1, -0.05) is 36.0 Å². The molecule has 0 aliphatic carbocycles. The second kappa shape index (κ2) is 9.61. The summed E-state index contributed by atoms with van der Waals surface area (Å²) < 4.78 is 10.6. The Hall–Kier alpha value is -3.78. The van der Waals surface area contributed by atoms with E-state index in [1.165, 1.54) is 11.8 Å². The number of hydrogen-bond donors (Lipinski definition) is 1. The summed E-state index contributed by atoms with van der Waals surface area (Å²) in [5.41, 5.74) is 4.68. The number of imidazole rings is 1. The molecule has 0 bridgehead atoms. The largest absolute Gasteiger partial charge is 0.497 e. The van der Waals surface area contributed by atoms with E-state index in [0.29, 0.717) is 11.6 Å². The van der Waals surface area contributed by atoms with Crippen molar-refractivity contribution in [2.45, 2.75) is 17.6 Å². The van der Waals surface area contributed by atoms with Gasteiger partial charge in [0.25, 0.3) is 5.91 Å². The second-order valence-electron chi connectivity index (χ2n) is 7.85. The lowest BCUT2D eigenvalue weighted by Gasteiger charge is -2.22. The van der Waals surface area contributed by atoms with Crippen LogP contribution in [-0.2, 0) is 4.79 Å². The van der Waals surface area contributed by atoms with E-state index in [9.17, 15) is 4.79 Å². The van der Waals surface area contributed by atoms with Crippen molar-refractivity contribution < 1.29 is 14.3 Å². The Morgan fingerprint density at radius 1 is 1.00 bits per heavy atom. The maximum atomic E-state index is 13.3. The van der Waals surface area contributed by atoms with Gasteiger partial charge in [0.15, 0.2) is 5.16 Å². The minimum atomic E-state index is -0.188. The molecule has 1 aliphatic heterocycles. The number of para-hydroxylation sites is 2. The average molecular weight is 473 g/mol. The molecule has 0 radical (unpaired) electrons. The number of hydrazone groups is 1. The zero-order valence-electron chi connectivity index (χ0n) is 18.9. The summed E-state index contributed by atoms with van der Waals surface area (Å²) in [5, 5.41) is 7.08. The second-order valence-corrected chi connectivity index (χ2v) is 8.82. The number of carbonyl (C=O) groups is 1. The van der Waals surface area contributed by atoms with Crippen LogP contribution in [0.2, 0.25) is 0 Å². The number of H-pyrrole nitrogens is 1. The van der Waals surface area contributed by atoms with Crippen LogP contribution in [0.4, 0.5) is 0 Å². The molecule has 0 fully saturated rings. The van der Waals surface area contributed by atoms with E-state index in [1.54, 1.807) is 19.2 Å². The number of ether oxygens (including phenoxy) is 2. The van der Waals surface area contributed by atoms with Crippen LogP contribution < -0.4 is 9.47 Å². The van der Waals surface area contributed by atoms with Crippen LogP contribution in [0.1, 0.15) is 23.6 Å². The summed E-state index contributed by atoms with van der Waals surface area (Å²) in [6, 6.07) is 23.2. The minimum absolute atomic E-state index is 0.0743. The maximum Gasteiger partial charge on any atom is 0.253 e. The SMILES string of the molecule is COc1ccc(C2=NN(C(=O)CSc3nc4ccccc4[nH]3)[C@H](c3ccc(OC)cc3)C2)cc1. The zero-order valence-corrected chi connectivity index (χ0v) is 19.7. The number of fused-ring (bicyclic) bond motifs is 1. The van der Waals surface area contributed by atoms with Gasteiger partial charge in [-0.25, -0.2) is 9.99 Å². The van der Waals surface area contributed by atoms with E-state index in [4.69, 9.17) is 14.6 Å². The molecule has 4 aromatic rings. The third-order valence-corrected chi connectivity index (χ3v) is 6.65. The Labute approximate surface area is 201 Å². The van der Waals surface area contributed by atoms with Gasteiger partial charge < -0.3 is 14.5 Å². The van der Waals surface area contributed by atoms with Gasteiger partial charge in [0.1, 0.15) is 11.5 Å². The van der Waals surface area contributed by atoms with Crippen LogP contribution in [-0.4, -0.2) is 46.6 Å². The topological polar surface area (TPSA) is 79.8 Å². The summed E-state index contributed by atoms with van der Waals surface area (Å²) in [4.78, 5) is 21.2. The first kappa shape index (κ1) is 22.0. The number of aromatic amines is 1. The van der Waals surface area contributed by atoms with Crippen LogP contribution in [0, 0.1) is 0 Å². The molecule has 34 heavy (non-hydrogen) atoms. The van der Waals surface area contributed by atoms with Crippen LogP contribution >= 0.6 is 11.8 Å². The van der Waals surface area contributed by atoms with Gasteiger partial charge in [-0.05, 0) is 59.7 Å². The molecule has 5 rings (SSSR count). The van der Waals surface area contributed by atoms with Crippen LogP contribution in [0.15, 0.2) is 83.1 Å². The summed E-state index contributed by atoms with van der Waals surface area (Å²) in [7, 11) is 3.28. The van der Waals surface area contributed by atoms with Gasteiger partial charge >= 0.3 is 0 Å². The van der Waals surface area contributed by atoms with Crippen LogP contribution in [0.25, 0.3) is 11.0 Å². The number of aromatic nitrogens is 2. The van der Waals surface area contributed by atoms with Gasteiger partial charge in [0.05, 0.1) is 42.8 Å². The number of amides is 1. The molecule has 1 aliphatic rings. The van der Waals surface area contributed by atoms with Crippen molar-refractivity contribution in [2.75, 3.05) is 20.0 Å². The Balaban J connectivity index is 1.38. The molecule has 0 saturated carbocycles. The zero-order chi connectivity index (χ0) is 23.5. The van der Waals surface area contributed by atoms with E-state index in [2.05, 4.69) is 9.97 Å². The van der Waals surface area contributed by atoms with Gasteiger partial charge in [-0.3, -0.25) is 4.79 Å². The van der Waals surface area contributed by atoms with E-state index in [0.717, 1.165) is 39.4 Å². The van der Waals surface area contributed by atoms with Crippen molar-refractivity contribution in [3.8, 4) is 11.5 Å². The molecule has 1 atom stereocenters. The number of hydrogen-bond acceptors (Lipinski definition) is 6. The Morgan fingerprint density at radius 2 is 1.68 bits per heavy atom. The monoisotopic (exact) mass is 472 g/mol. The first-order valence-electron chi connectivity index (χ1n) is 10.9. The highest BCUT2D eigenvalue weighted by atomic mass is 32.2. The number of methoxy groups -OCH3 is 2. The van der Waals surface area contributed by atoms with E-state index >= 15 is 0 Å². The standard InChI is InChI=1S/C26H24N4O3S/c1-32-19-11-7-17(8-12-19)23-15-24(18-9-13-20(33-2)14-10-18)30(29-23)25(31)16-34-26-27-21-5-3-4-6-22(21)28-26/h3-14,24H,15-16H2,1-2H3,(H,27,28)/t24-/m0/s1. The fourth-order valence-corrected chi connectivity index (χ4v) is 4.72.